The summed E-state index contributed by atoms with van der Waals surface area (Å²) >= 11 is 0. The van der Waals surface area contributed by atoms with Gasteiger partial charge in [-0.3, -0.25) is 0 Å². The summed E-state index contributed by atoms with van der Waals surface area (Å²) in [7, 11) is 0. The predicted molar refractivity (Wildman–Crippen MR) is 124 cm³/mol. The molecule has 3 heteroatoms. The van der Waals surface area contributed by atoms with Gasteiger partial charge in [-0.05, 0) is 70.1 Å². The smallest absolute Gasteiger partial charge is 0.131 e. The minimum absolute atomic E-state index is 0.414. The van der Waals surface area contributed by atoms with E-state index in [1.807, 2.05) is 0 Å². The van der Waals surface area contributed by atoms with E-state index in [0.717, 1.165) is 12.8 Å². The molecule has 0 bridgehead atoms. The Morgan fingerprint density at radius 3 is 2.66 bits per heavy atom. The molecule has 2 unspecified atom stereocenters. The van der Waals surface area contributed by atoms with Gasteiger partial charge in [0.15, 0.2) is 0 Å². The average Bonchev–Trinajstić information content (AvgIpc) is 3.17. The van der Waals surface area contributed by atoms with E-state index in [1.54, 1.807) is 0 Å². The van der Waals surface area contributed by atoms with Crippen LogP contribution in [0.2, 0.25) is 0 Å². The van der Waals surface area contributed by atoms with Crippen molar-refractivity contribution in [2.75, 3.05) is 6.61 Å². The minimum atomic E-state index is -1.60. The second kappa shape index (κ2) is 14.8. The van der Waals surface area contributed by atoms with Crippen molar-refractivity contribution in [2.24, 2.45) is 11.8 Å². The normalized spacial score (nSPS) is 23.7. The van der Waals surface area contributed by atoms with E-state index in [9.17, 15) is 15.3 Å². The topological polar surface area (TPSA) is 60.7 Å². The fraction of sp³-hybridized carbons (Fsp3) is 0.692. The Balaban J connectivity index is 2.33. The first-order valence-electron chi connectivity index (χ1n) is 11.6. The van der Waals surface area contributed by atoms with E-state index < -0.39 is 18.3 Å². The molecule has 3 nitrogen and oxygen atoms in total. The summed E-state index contributed by atoms with van der Waals surface area (Å²) in [6, 6.07) is 0. The van der Waals surface area contributed by atoms with Gasteiger partial charge >= 0.3 is 0 Å². The molecule has 0 radical (unpaired) electrons. The van der Waals surface area contributed by atoms with Crippen molar-refractivity contribution in [2.45, 2.75) is 96.2 Å². The van der Waals surface area contributed by atoms with Crippen LogP contribution in [0.3, 0.4) is 0 Å². The number of hydrogen-bond acceptors (Lipinski definition) is 3. The summed E-state index contributed by atoms with van der Waals surface area (Å²) in [5.41, 5.74) is -0.120. The molecule has 0 aromatic carbocycles. The number of aliphatic hydroxyl groups is 3. The second-order valence-electron chi connectivity index (χ2n) is 8.69. The van der Waals surface area contributed by atoms with Crippen molar-refractivity contribution in [1.82, 2.24) is 0 Å². The Hall–Kier alpha value is -1.16. The lowest BCUT2D eigenvalue weighted by Gasteiger charge is -2.27. The van der Waals surface area contributed by atoms with E-state index in [0.29, 0.717) is 24.7 Å². The quantitative estimate of drug-likeness (QED) is 0.236. The molecule has 3 N–H and O–H groups in total. The summed E-state index contributed by atoms with van der Waals surface area (Å²) in [4.78, 5) is 0. The molecule has 0 aromatic rings. The third kappa shape index (κ3) is 9.93. The van der Waals surface area contributed by atoms with E-state index in [1.165, 1.54) is 56.6 Å². The van der Waals surface area contributed by atoms with Crippen LogP contribution in [0.15, 0.2) is 48.6 Å². The molecule has 166 valence electrons. The lowest BCUT2D eigenvalue weighted by Crippen LogP contribution is -2.43. The zero-order chi connectivity index (χ0) is 21.5. The third-order valence-corrected chi connectivity index (χ3v) is 6.24. The molecule has 0 spiro atoms. The van der Waals surface area contributed by atoms with Gasteiger partial charge in [0.1, 0.15) is 5.60 Å². The molecule has 29 heavy (non-hydrogen) atoms. The summed E-state index contributed by atoms with van der Waals surface area (Å²) in [5, 5.41) is 29.2. The zero-order valence-electron chi connectivity index (χ0n) is 18.7. The molecular formula is C26H44O3. The third-order valence-electron chi connectivity index (χ3n) is 6.24. The molecule has 1 aliphatic carbocycles. The Bertz CT molecular complexity index is 534. The highest BCUT2D eigenvalue weighted by Gasteiger charge is 2.30. The largest absolute Gasteiger partial charge is 0.393 e. The van der Waals surface area contributed by atoms with Gasteiger partial charge in [0.25, 0.3) is 0 Å². The van der Waals surface area contributed by atoms with E-state index in [4.69, 9.17) is 0 Å². The lowest BCUT2D eigenvalue weighted by molar-refractivity contribution is -0.0731. The van der Waals surface area contributed by atoms with E-state index >= 15 is 0 Å². The highest BCUT2D eigenvalue weighted by Crippen LogP contribution is 2.35. The molecule has 1 saturated carbocycles. The van der Waals surface area contributed by atoms with Crippen LogP contribution in [-0.2, 0) is 0 Å². The van der Waals surface area contributed by atoms with Crippen molar-refractivity contribution in [1.29, 1.82) is 0 Å². The Labute approximate surface area is 178 Å². The molecule has 1 aliphatic rings. The molecule has 0 saturated heterocycles. The molecule has 1 fully saturated rings. The Morgan fingerprint density at radius 2 is 1.97 bits per heavy atom. The predicted octanol–water partition coefficient (Wildman–Crippen LogP) is 5.87. The molecule has 1 rings (SSSR count). The maximum Gasteiger partial charge on any atom is 0.131 e. The fourth-order valence-electron chi connectivity index (χ4n) is 4.07. The van der Waals surface area contributed by atoms with Gasteiger partial charge in [-0.15, -0.1) is 6.58 Å². The van der Waals surface area contributed by atoms with Gasteiger partial charge in [0.05, 0.1) is 12.7 Å². The van der Waals surface area contributed by atoms with Gasteiger partial charge in [0, 0.05) is 0 Å². The van der Waals surface area contributed by atoms with Crippen molar-refractivity contribution < 1.29 is 15.3 Å². The first-order chi connectivity index (χ1) is 14.0. The summed E-state index contributed by atoms with van der Waals surface area (Å²) in [6.45, 7) is 7.47. The van der Waals surface area contributed by atoms with Gasteiger partial charge in [-0.25, -0.2) is 0 Å². The Kier molecular flexibility index (Phi) is 13.2. The van der Waals surface area contributed by atoms with Gasteiger partial charge in [0.2, 0.25) is 0 Å². The summed E-state index contributed by atoms with van der Waals surface area (Å²) in [5.74, 6) is 1.39. The van der Waals surface area contributed by atoms with Crippen LogP contribution in [0.1, 0.15) is 84.5 Å². The lowest BCUT2D eigenvalue weighted by atomic mass is 9.91. The molecular weight excluding hydrogens is 360 g/mol. The molecule has 0 aromatic heterocycles. The standard InChI is InChI=1S/C26H44O3/c1-4-6-7-9-14-22(3)15-12-17-24-19-13-18-23(24)16-10-8-11-20-25(28)26(29,5-2)21-27/h5,8,10,12,14,17,23-25,27-29H,2,4,6-7,9,11,13,15-16,18-21H2,1,3H3/b10-8-,17-12+,22-14+/t23-,24-,25?,26?/m0/s1. The SMILES string of the molecule is C=CC(O)(CO)C(O)CC/C=C\C[C@H]1CCC[C@@H]1/C=C/C/C(C)=C/CCCCC. The number of hydrogen-bond donors (Lipinski definition) is 3. The van der Waals surface area contributed by atoms with Crippen molar-refractivity contribution in [3.05, 3.63) is 48.6 Å². The maximum absolute atomic E-state index is 10.0. The van der Waals surface area contributed by atoms with Crippen LogP contribution in [0.4, 0.5) is 0 Å². The number of allylic oxidation sites excluding steroid dienone is 6. The number of unbranched alkanes of at least 4 members (excludes halogenated alkanes) is 3. The summed E-state index contributed by atoms with van der Waals surface area (Å²) in [6.07, 6.45) is 24.0. The van der Waals surface area contributed by atoms with Gasteiger partial charge < -0.3 is 15.3 Å². The zero-order valence-corrected chi connectivity index (χ0v) is 18.7. The Morgan fingerprint density at radius 1 is 1.17 bits per heavy atom. The maximum atomic E-state index is 10.0. The van der Waals surface area contributed by atoms with Gasteiger partial charge in [-0.1, -0.05) is 68.2 Å². The molecule has 0 amide bonds. The summed E-state index contributed by atoms with van der Waals surface area (Å²) < 4.78 is 0. The number of rotatable bonds is 15. The van der Waals surface area contributed by atoms with Crippen LogP contribution in [0.5, 0.6) is 0 Å². The first-order valence-corrected chi connectivity index (χ1v) is 11.6. The minimum Gasteiger partial charge on any atom is -0.393 e. The van der Waals surface area contributed by atoms with E-state index in [-0.39, 0.29) is 0 Å². The average molecular weight is 405 g/mol. The van der Waals surface area contributed by atoms with Gasteiger partial charge in [-0.2, -0.15) is 0 Å². The highest BCUT2D eigenvalue weighted by atomic mass is 16.4. The highest BCUT2D eigenvalue weighted by molar-refractivity contribution is 5.07. The van der Waals surface area contributed by atoms with Crippen LogP contribution in [0, 0.1) is 11.8 Å². The van der Waals surface area contributed by atoms with Crippen molar-refractivity contribution >= 4 is 0 Å². The van der Waals surface area contributed by atoms with Crippen molar-refractivity contribution in [3.63, 3.8) is 0 Å². The molecule has 4 atom stereocenters. The van der Waals surface area contributed by atoms with Crippen molar-refractivity contribution in [3.8, 4) is 0 Å². The van der Waals surface area contributed by atoms with Crippen LogP contribution >= 0.6 is 0 Å². The molecule has 0 aliphatic heterocycles. The molecule has 0 heterocycles. The monoisotopic (exact) mass is 404 g/mol. The second-order valence-corrected chi connectivity index (χ2v) is 8.69. The van der Waals surface area contributed by atoms with E-state index in [2.05, 4.69) is 50.8 Å². The fourth-order valence-corrected chi connectivity index (χ4v) is 4.07. The first kappa shape index (κ1) is 25.9. The van der Waals surface area contributed by atoms with Crippen LogP contribution < -0.4 is 0 Å². The van der Waals surface area contributed by atoms with Crippen LogP contribution in [0.25, 0.3) is 0 Å². The van der Waals surface area contributed by atoms with Crippen LogP contribution in [-0.4, -0.2) is 33.6 Å². The number of aliphatic hydroxyl groups excluding tert-OH is 2.